The van der Waals surface area contributed by atoms with Crippen molar-refractivity contribution < 1.29 is 9.76 Å². The normalized spacial score (nSPS) is 18.0. The lowest BCUT2D eigenvalue weighted by Crippen LogP contribution is -2.07. The van der Waals surface area contributed by atoms with Crippen LogP contribution < -0.4 is 0 Å². The number of nitrogens with zero attached hydrogens (tertiary/aromatic N) is 2. The van der Waals surface area contributed by atoms with Gasteiger partial charge in [0, 0.05) is 44.2 Å². The lowest BCUT2D eigenvalue weighted by molar-refractivity contribution is -0.384. The molecule has 31 heavy (non-hydrogen) atoms. The third kappa shape index (κ3) is 5.18. The van der Waals surface area contributed by atoms with E-state index in [9.17, 15) is 10.1 Å². The van der Waals surface area contributed by atoms with Gasteiger partial charge in [-0.1, -0.05) is 58.2 Å². The SMILES string of the molecule is O=[N+]([O-])c1ccc(/C(=N/OCc2ccc(Cl)cc2Cl)[C@H]2C[C@H]2c2ccc(Cl)cc2)cc1. The molecule has 158 valence electrons. The standard InChI is InChI=1S/C23H17Cl3N2O3/c24-17-6-1-14(2-7-17)20-12-21(20)23(15-4-9-19(10-5-15)28(29)30)27-31-13-16-3-8-18(25)11-22(16)26/h1-11,20-21H,12-13H2/b27-23-/t20-,21-/m0/s1. The molecule has 0 amide bonds. The van der Waals surface area contributed by atoms with Crippen LogP contribution in [-0.2, 0) is 11.4 Å². The smallest absolute Gasteiger partial charge is 0.269 e. The lowest BCUT2D eigenvalue weighted by Gasteiger charge is -2.09. The topological polar surface area (TPSA) is 64.7 Å². The molecule has 3 aromatic carbocycles. The molecule has 1 saturated carbocycles. The molecule has 0 spiro atoms. The Balaban J connectivity index is 1.57. The van der Waals surface area contributed by atoms with Crippen molar-refractivity contribution in [3.63, 3.8) is 0 Å². The molecule has 0 saturated heterocycles. The molecular weight excluding hydrogens is 459 g/mol. The maximum Gasteiger partial charge on any atom is 0.269 e. The van der Waals surface area contributed by atoms with E-state index in [0.29, 0.717) is 15.1 Å². The second kappa shape index (κ2) is 9.27. The second-order valence-electron chi connectivity index (χ2n) is 7.29. The van der Waals surface area contributed by atoms with Crippen molar-refractivity contribution in [3.05, 3.63) is 109 Å². The molecule has 1 aliphatic carbocycles. The van der Waals surface area contributed by atoms with Gasteiger partial charge < -0.3 is 4.84 Å². The summed E-state index contributed by atoms with van der Waals surface area (Å²) in [5.74, 6) is 0.428. The molecule has 1 fully saturated rings. The van der Waals surface area contributed by atoms with Gasteiger partial charge in [-0.05, 0) is 54.3 Å². The van der Waals surface area contributed by atoms with E-state index >= 15 is 0 Å². The van der Waals surface area contributed by atoms with Gasteiger partial charge in [-0.25, -0.2) is 0 Å². The molecule has 0 unspecified atom stereocenters. The Morgan fingerprint density at radius 3 is 2.32 bits per heavy atom. The van der Waals surface area contributed by atoms with E-state index in [4.69, 9.17) is 39.6 Å². The zero-order valence-corrected chi connectivity index (χ0v) is 18.4. The maximum atomic E-state index is 11.0. The van der Waals surface area contributed by atoms with E-state index in [1.165, 1.54) is 17.7 Å². The number of nitro groups is 1. The number of nitro benzene ring substituents is 1. The molecule has 0 bridgehead atoms. The van der Waals surface area contributed by atoms with Gasteiger partial charge in [0.1, 0.15) is 6.61 Å². The quantitative estimate of drug-likeness (QED) is 0.205. The Labute approximate surface area is 194 Å². The van der Waals surface area contributed by atoms with Gasteiger partial charge in [0.2, 0.25) is 0 Å². The minimum absolute atomic E-state index is 0.0296. The number of benzene rings is 3. The van der Waals surface area contributed by atoms with Gasteiger partial charge in [-0.2, -0.15) is 0 Å². The number of hydrogen-bond donors (Lipinski definition) is 0. The first kappa shape index (κ1) is 21.6. The van der Waals surface area contributed by atoms with E-state index in [0.717, 1.165) is 23.3 Å². The molecule has 4 rings (SSSR count). The zero-order chi connectivity index (χ0) is 22.0. The van der Waals surface area contributed by atoms with Crippen molar-refractivity contribution >= 4 is 46.2 Å². The van der Waals surface area contributed by atoms with Crippen LogP contribution in [0.4, 0.5) is 5.69 Å². The van der Waals surface area contributed by atoms with Gasteiger partial charge in [-0.15, -0.1) is 0 Å². The third-order valence-electron chi connectivity index (χ3n) is 5.21. The number of hydrogen-bond acceptors (Lipinski definition) is 4. The highest BCUT2D eigenvalue weighted by atomic mass is 35.5. The van der Waals surface area contributed by atoms with Crippen LogP contribution in [0.5, 0.6) is 0 Å². The Hall–Kier alpha value is -2.60. The first-order valence-electron chi connectivity index (χ1n) is 9.56. The van der Waals surface area contributed by atoms with E-state index < -0.39 is 4.92 Å². The minimum atomic E-state index is -0.423. The van der Waals surface area contributed by atoms with Gasteiger partial charge in [0.05, 0.1) is 10.6 Å². The van der Waals surface area contributed by atoms with Crippen LogP contribution in [0.2, 0.25) is 15.1 Å². The van der Waals surface area contributed by atoms with E-state index in [2.05, 4.69) is 5.16 Å². The molecule has 0 N–H and O–H groups in total. The highest BCUT2D eigenvalue weighted by molar-refractivity contribution is 6.35. The highest BCUT2D eigenvalue weighted by Gasteiger charge is 2.43. The highest BCUT2D eigenvalue weighted by Crippen LogP contribution is 2.49. The van der Waals surface area contributed by atoms with Crippen LogP contribution in [0.15, 0.2) is 71.9 Å². The largest absolute Gasteiger partial charge is 0.391 e. The first-order valence-corrected chi connectivity index (χ1v) is 10.7. The summed E-state index contributed by atoms with van der Waals surface area (Å²) in [6.45, 7) is 0.185. The molecule has 0 aromatic heterocycles. The fraction of sp³-hybridized carbons (Fsp3) is 0.174. The molecular formula is C23H17Cl3N2O3. The number of non-ortho nitro benzene ring substituents is 1. The summed E-state index contributed by atoms with van der Waals surface area (Å²) in [6.07, 6.45) is 0.905. The van der Waals surface area contributed by atoms with E-state index in [1.54, 1.807) is 30.3 Å². The Morgan fingerprint density at radius 1 is 1.00 bits per heavy atom. The Bertz CT molecular complexity index is 1130. The maximum absolute atomic E-state index is 11.0. The van der Waals surface area contributed by atoms with Crippen LogP contribution in [0, 0.1) is 16.0 Å². The first-order chi connectivity index (χ1) is 14.9. The van der Waals surface area contributed by atoms with Crippen molar-refractivity contribution in [1.82, 2.24) is 0 Å². The van der Waals surface area contributed by atoms with Crippen LogP contribution >= 0.6 is 34.8 Å². The molecule has 0 aliphatic heterocycles. The summed E-state index contributed by atoms with van der Waals surface area (Å²) in [6, 6.07) is 19.3. The molecule has 2 atom stereocenters. The molecule has 5 nitrogen and oxygen atoms in total. The van der Waals surface area contributed by atoms with Crippen molar-refractivity contribution in [2.75, 3.05) is 0 Å². The van der Waals surface area contributed by atoms with E-state index in [1.807, 2.05) is 24.3 Å². The molecule has 0 heterocycles. The average molecular weight is 476 g/mol. The Morgan fingerprint density at radius 2 is 1.68 bits per heavy atom. The van der Waals surface area contributed by atoms with Gasteiger partial charge >= 0.3 is 0 Å². The van der Waals surface area contributed by atoms with Gasteiger partial charge in [0.15, 0.2) is 0 Å². The summed E-state index contributed by atoms with van der Waals surface area (Å²) in [5, 5.41) is 17.1. The predicted octanol–water partition coefficient (Wildman–Crippen LogP) is 7.28. The molecule has 1 aliphatic rings. The Kier molecular flexibility index (Phi) is 6.46. The summed E-state index contributed by atoms with van der Waals surface area (Å²) < 4.78 is 0. The summed E-state index contributed by atoms with van der Waals surface area (Å²) in [7, 11) is 0. The fourth-order valence-corrected chi connectivity index (χ4v) is 4.06. The number of rotatable bonds is 7. The number of halogens is 3. The average Bonchev–Trinajstić information content (AvgIpc) is 3.53. The lowest BCUT2D eigenvalue weighted by atomic mass is 10.0. The van der Waals surface area contributed by atoms with Crippen LogP contribution in [-0.4, -0.2) is 10.6 Å². The molecule has 8 heteroatoms. The number of oxime groups is 1. The van der Waals surface area contributed by atoms with Crippen molar-refractivity contribution in [3.8, 4) is 0 Å². The van der Waals surface area contributed by atoms with Crippen LogP contribution in [0.1, 0.15) is 29.0 Å². The van der Waals surface area contributed by atoms with Crippen LogP contribution in [0.25, 0.3) is 0 Å². The predicted molar refractivity (Wildman–Crippen MR) is 123 cm³/mol. The zero-order valence-electron chi connectivity index (χ0n) is 16.2. The molecule has 0 radical (unpaired) electrons. The minimum Gasteiger partial charge on any atom is -0.391 e. The second-order valence-corrected chi connectivity index (χ2v) is 8.57. The van der Waals surface area contributed by atoms with Crippen molar-refractivity contribution in [2.45, 2.75) is 18.9 Å². The summed E-state index contributed by atoms with van der Waals surface area (Å²) in [5.41, 5.74) is 3.50. The third-order valence-corrected chi connectivity index (χ3v) is 6.05. The van der Waals surface area contributed by atoms with Gasteiger partial charge in [-0.3, -0.25) is 10.1 Å². The monoisotopic (exact) mass is 474 g/mol. The van der Waals surface area contributed by atoms with Crippen LogP contribution in [0.3, 0.4) is 0 Å². The summed E-state index contributed by atoms with van der Waals surface area (Å²) in [4.78, 5) is 16.2. The summed E-state index contributed by atoms with van der Waals surface area (Å²) >= 11 is 18.2. The van der Waals surface area contributed by atoms with Gasteiger partial charge in [0.25, 0.3) is 5.69 Å². The fourth-order valence-electron chi connectivity index (χ4n) is 3.47. The van der Waals surface area contributed by atoms with Crippen molar-refractivity contribution in [1.29, 1.82) is 0 Å². The van der Waals surface area contributed by atoms with Crippen molar-refractivity contribution in [2.24, 2.45) is 11.1 Å². The van der Waals surface area contributed by atoms with E-state index in [-0.39, 0.29) is 24.1 Å². The molecule has 3 aromatic rings.